The van der Waals surface area contributed by atoms with E-state index in [0.29, 0.717) is 0 Å². The normalized spacial score (nSPS) is 20.3. The number of nitrogens with two attached hydrogens (primary N) is 1. The smallest absolute Gasteiger partial charge is 0.225 e. The minimum absolute atomic E-state index is 0.237. The Labute approximate surface area is 60.3 Å². The van der Waals surface area contributed by atoms with Crippen LogP contribution in [-0.2, 0) is 0 Å². The molecule has 0 atom stereocenters. The van der Waals surface area contributed by atoms with Crippen LogP contribution in [0.25, 0.3) is 0 Å². The molecule has 3 N–H and O–H groups in total. The molecular weight excluding hydrogens is 150 g/mol. The minimum atomic E-state index is 0.237. The molecule has 2 rings (SSSR count). The van der Waals surface area contributed by atoms with Crippen LogP contribution in [0, 0.1) is 0 Å². The van der Waals surface area contributed by atoms with E-state index in [2.05, 4.69) is 36.5 Å². The monoisotopic (exact) mass is 153 g/mol. The van der Waals surface area contributed by atoms with E-state index < -0.39 is 0 Å². The van der Waals surface area contributed by atoms with Crippen molar-refractivity contribution >= 4 is 0 Å². The van der Waals surface area contributed by atoms with Crippen molar-refractivity contribution in [3.63, 3.8) is 0 Å². The molecule has 2 aliphatic heterocycles. The van der Waals surface area contributed by atoms with Gasteiger partial charge in [-0.2, -0.15) is 10.7 Å². The summed E-state index contributed by atoms with van der Waals surface area (Å²) in [7, 11) is 0. The van der Waals surface area contributed by atoms with Gasteiger partial charge in [-0.25, -0.2) is 5.84 Å². The zero-order valence-corrected chi connectivity index (χ0v) is 5.21. The highest BCUT2D eigenvalue weighted by Crippen LogP contribution is 2.18. The van der Waals surface area contributed by atoms with Gasteiger partial charge in [-0.1, -0.05) is 5.22 Å². The van der Waals surface area contributed by atoms with Gasteiger partial charge < -0.3 is 0 Å². The third-order valence-corrected chi connectivity index (χ3v) is 1.04. The predicted octanol–water partition coefficient (Wildman–Crippen LogP) is 0.00710. The number of hydrazine groups is 2. The average molecular weight is 153 g/mol. The van der Waals surface area contributed by atoms with Crippen molar-refractivity contribution in [1.82, 2.24) is 10.7 Å². The fourth-order valence-electron chi connectivity index (χ4n) is 0.600. The van der Waals surface area contributed by atoms with Gasteiger partial charge in [0.05, 0.1) is 0 Å². The van der Waals surface area contributed by atoms with Crippen molar-refractivity contribution in [3.8, 4) is 0 Å². The Kier molecular flexibility index (Phi) is 1.09. The van der Waals surface area contributed by atoms with Crippen LogP contribution in [0.5, 0.6) is 0 Å². The van der Waals surface area contributed by atoms with Gasteiger partial charge in [-0.05, 0) is 10.4 Å². The lowest BCUT2D eigenvalue weighted by atomic mass is 10.7. The summed E-state index contributed by atoms with van der Waals surface area (Å²) in [6, 6.07) is 0. The van der Waals surface area contributed by atoms with Gasteiger partial charge in [0, 0.05) is 0 Å². The fourth-order valence-corrected chi connectivity index (χ4v) is 0.600. The highest BCUT2D eigenvalue weighted by atomic mass is 15.9. The Balaban J connectivity index is 2.38. The molecule has 0 saturated carbocycles. The van der Waals surface area contributed by atoms with Crippen molar-refractivity contribution in [2.24, 2.45) is 36.9 Å². The minimum Gasteiger partial charge on any atom is -0.225 e. The summed E-state index contributed by atoms with van der Waals surface area (Å²) < 4.78 is 0. The lowest BCUT2D eigenvalue weighted by Crippen LogP contribution is -2.35. The van der Waals surface area contributed by atoms with Crippen molar-refractivity contribution < 1.29 is 0 Å². The van der Waals surface area contributed by atoms with Crippen molar-refractivity contribution in [1.29, 1.82) is 0 Å². The van der Waals surface area contributed by atoms with Crippen LogP contribution in [0.2, 0.25) is 0 Å². The lowest BCUT2D eigenvalue weighted by molar-refractivity contribution is 0.288. The molecule has 0 fully saturated rings. The van der Waals surface area contributed by atoms with E-state index in [1.807, 2.05) is 0 Å². The lowest BCUT2D eigenvalue weighted by Gasteiger charge is -2.06. The summed E-state index contributed by atoms with van der Waals surface area (Å²) in [4.78, 5) is 0. The van der Waals surface area contributed by atoms with Crippen molar-refractivity contribution in [2.45, 2.75) is 0 Å². The van der Waals surface area contributed by atoms with E-state index in [1.54, 1.807) is 0 Å². The molecular formula is C2H3N9. The Bertz CT molecular complexity index is 268. The largest absolute Gasteiger partial charge is 0.247 e. The predicted molar refractivity (Wildman–Crippen MR) is 30.8 cm³/mol. The first kappa shape index (κ1) is 5.85. The van der Waals surface area contributed by atoms with Crippen LogP contribution in [0.15, 0.2) is 42.7 Å². The molecule has 9 nitrogen and oxygen atoms in total. The Morgan fingerprint density at radius 3 is 2.45 bits per heavy atom. The molecule has 0 aromatic heterocycles. The molecule has 0 bridgehead atoms. The Morgan fingerprint density at radius 1 is 1.18 bits per heavy atom. The standard InChI is InChI=1S/C2H3N9/c3-11-2(6-9-10-11)1-4-7-8-5-1/h3H2,(H,6,10). The van der Waals surface area contributed by atoms with Gasteiger partial charge in [0.2, 0.25) is 11.6 Å². The summed E-state index contributed by atoms with van der Waals surface area (Å²) in [5, 5.41) is 21.6. The first-order chi connectivity index (χ1) is 5.38. The van der Waals surface area contributed by atoms with Gasteiger partial charge in [0.1, 0.15) is 0 Å². The highest BCUT2D eigenvalue weighted by molar-refractivity contribution is 5.08. The maximum atomic E-state index is 5.33. The third-order valence-electron chi connectivity index (χ3n) is 1.04. The molecule has 0 radical (unpaired) electrons. The molecule has 0 saturated heterocycles. The van der Waals surface area contributed by atoms with Gasteiger partial charge in [0.15, 0.2) is 0 Å². The van der Waals surface area contributed by atoms with E-state index in [9.17, 15) is 0 Å². The first-order valence-corrected chi connectivity index (χ1v) is 2.65. The number of nitrogens with zero attached hydrogens (tertiary/aromatic N) is 7. The molecule has 0 aromatic carbocycles. The van der Waals surface area contributed by atoms with Gasteiger partial charge >= 0.3 is 0 Å². The Morgan fingerprint density at radius 2 is 1.91 bits per heavy atom. The molecule has 2 heterocycles. The maximum absolute atomic E-state index is 5.33. The summed E-state index contributed by atoms with van der Waals surface area (Å²) in [6.07, 6.45) is 0. The SMILES string of the molecule is NN1NN=NC1=C1N=NN=N1. The van der Waals surface area contributed by atoms with E-state index in [4.69, 9.17) is 5.84 Å². The quantitative estimate of drug-likeness (QED) is 0.477. The zero-order chi connectivity index (χ0) is 7.68. The van der Waals surface area contributed by atoms with Crippen LogP contribution >= 0.6 is 0 Å². The number of hydrogen-bond acceptors (Lipinski definition) is 9. The van der Waals surface area contributed by atoms with E-state index >= 15 is 0 Å². The van der Waals surface area contributed by atoms with Crippen LogP contribution in [0.1, 0.15) is 0 Å². The number of nitrogens with one attached hydrogen (secondary N) is 1. The molecule has 9 heteroatoms. The average Bonchev–Trinajstić information content (AvgIpc) is 2.55. The van der Waals surface area contributed by atoms with Gasteiger partial charge in [0.25, 0.3) is 0 Å². The van der Waals surface area contributed by atoms with Crippen LogP contribution in [-0.4, -0.2) is 5.12 Å². The van der Waals surface area contributed by atoms with Gasteiger partial charge in [-0.3, -0.25) is 0 Å². The van der Waals surface area contributed by atoms with E-state index in [-0.39, 0.29) is 11.6 Å². The molecule has 56 valence electrons. The molecule has 2 aliphatic rings. The summed E-state index contributed by atoms with van der Waals surface area (Å²) in [6.45, 7) is 0. The third kappa shape index (κ3) is 0.826. The first-order valence-electron chi connectivity index (χ1n) is 2.65. The van der Waals surface area contributed by atoms with Gasteiger partial charge in [-0.15, -0.1) is 15.3 Å². The highest BCUT2D eigenvalue weighted by Gasteiger charge is 2.18. The summed E-state index contributed by atoms with van der Waals surface area (Å²) in [5.41, 5.74) is 2.35. The molecule has 0 spiro atoms. The summed E-state index contributed by atoms with van der Waals surface area (Å²) >= 11 is 0. The van der Waals surface area contributed by atoms with Crippen LogP contribution < -0.4 is 11.4 Å². The molecule has 0 aromatic rings. The van der Waals surface area contributed by atoms with E-state index in [0.717, 1.165) is 5.12 Å². The number of hydrogen-bond donors (Lipinski definition) is 2. The fraction of sp³-hybridized carbons (Fsp3) is 0. The number of rotatable bonds is 0. The van der Waals surface area contributed by atoms with Crippen molar-refractivity contribution in [2.75, 3.05) is 0 Å². The topological polar surface area (TPSA) is 115 Å². The molecule has 0 amide bonds. The zero-order valence-electron chi connectivity index (χ0n) is 5.21. The second-order valence-electron chi connectivity index (χ2n) is 1.70. The maximum Gasteiger partial charge on any atom is 0.247 e. The second kappa shape index (κ2) is 2.05. The van der Waals surface area contributed by atoms with Crippen LogP contribution in [0.3, 0.4) is 0 Å². The molecule has 11 heavy (non-hydrogen) atoms. The molecule has 0 aliphatic carbocycles. The molecule has 0 unspecified atom stereocenters. The van der Waals surface area contributed by atoms with Crippen molar-refractivity contribution in [3.05, 3.63) is 11.6 Å². The second-order valence-corrected chi connectivity index (χ2v) is 1.70. The van der Waals surface area contributed by atoms with Crippen LogP contribution in [0.4, 0.5) is 0 Å². The van der Waals surface area contributed by atoms with E-state index in [1.165, 1.54) is 0 Å². The Hall–Kier alpha value is -1.90. The summed E-state index contributed by atoms with van der Waals surface area (Å²) in [5.74, 6) is 5.86.